The predicted molar refractivity (Wildman–Crippen MR) is 73.4 cm³/mol. The Hall–Kier alpha value is -1.71. The topological polar surface area (TPSA) is 68.3 Å². The van der Waals surface area contributed by atoms with Crippen LogP contribution in [0.5, 0.6) is 11.5 Å². The zero-order valence-electron chi connectivity index (χ0n) is 11.3. The first-order valence-electron chi connectivity index (χ1n) is 6.07. The highest BCUT2D eigenvalue weighted by Crippen LogP contribution is 2.22. The Morgan fingerprint density at radius 3 is 2.28 bits per heavy atom. The van der Waals surface area contributed by atoms with Gasteiger partial charge in [-0.25, -0.2) is 0 Å². The van der Waals surface area contributed by atoms with Crippen LogP contribution in [-0.2, 0) is 0 Å². The third kappa shape index (κ3) is 4.28. The molecule has 0 radical (unpaired) electrons. The van der Waals surface area contributed by atoms with E-state index in [0.29, 0.717) is 6.61 Å². The average molecular weight is 250 g/mol. The molecule has 0 spiro atoms. The van der Waals surface area contributed by atoms with Gasteiger partial charge in [-0.1, -0.05) is 13.8 Å². The molecule has 0 saturated carbocycles. The van der Waals surface area contributed by atoms with Crippen LogP contribution >= 0.6 is 0 Å². The zero-order chi connectivity index (χ0) is 13.6. The minimum Gasteiger partial charge on any atom is -0.497 e. The van der Waals surface area contributed by atoms with Gasteiger partial charge in [-0.3, -0.25) is 5.41 Å². The monoisotopic (exact) mass is 250 g/mol. The van der Waals surface area contributed by atoms with Crippen molar-refractivity contribution in [2.45, 2.75) is 26.7 Å². The quantitative estimate of drug-likeness (QED) is 0.444. The lowest BCUT2D eigenvalue weighted by Gasteiger charge is -2.22. The van der Waals surface area contributed by atoms with Crippen molar-refractivity contribution in [3.8, 4) is 11.5 Å². The van der Waals surface area contributed by atoms with E-state index in [1.165, 1.54) is 0 Å². The van der Waals surface area contributed by atoms with Crippen molar-refractivity contribution in [2.75, 3.05) is 13.7 Å². The largest absolute Gasteiger partial charge is 0.497 e. The molecule has 1 aromatic rings. The van der Waals surface area contributed by atoms with E-state index in [2.05, 4.69) is 0 Å². The van der Waals surface area contributed by atoms with Crippen LogP contribution in [0.1, 0.15) is 26.7 Å². The van der Waals surface area contributed by atoms with Crippen LogP contribution in [0, 0.1) is 10.8 Å². The summed E-state index contributed by atoms with van der Waals surface area (Å²) in [4.78, 5) is 0. The van der Waals surface area contributed by atoms with Gasteiger partial charge in [0.2, 0.25) is 0 Å². The summed E-state index contributed by atoms with van der Waals surface area (Å²) in [6.07, 6.45) is 1.72. The third-order valence-corrected chi connectivity index (χ3v) is 3.00. The summed E-state index contributed by atoms with van der Waals surface area (Å²) in [5.74, 6) is 1.88. The number of rotatable bonds is 7. The molecule has 4 heteroatoms. The van der Waals surface area contributed by atoms with E-state index in [0.717, 1.165) is 24.3 Å². The molecule has 0 aliphatic rings. The van der Waals surface area contributed by atoms with Gasteiger partial charge >= 0.3 is 0 Å². The van der Waals surface area contributed by atoms with Crippen LogP contribution in [0.3, 0.4) is 0 Å². The molecule has 0 aliphatic carbocycles. The molecule has 0 fully saturated rings. The fraction of sp³-hybridized carbons (Fsp3) is 0.500. The van der Waals surface area contributed by atoms with Crippen molar-refractivity contribution in [1.82, 2.24) is 0 Å². The van der Waals surface area contributed by atoms with E-state index in [1.807, 2.05) is 38.1 Å². The van der Waals surface area contributed by atoms with E-state index in [1.54, 1.807) is 7.11 Å². The van der Waals surface area contributed by atoms with Crippen LogP contribution in [0.25, 0.3) is 0 Å². The summed E-state index contributed by atoms with van der Waals surface area (Å²) in [7, 11) is 1.64. The first kappa shape index (κ1) is 14.4. The van der Waals surface area contributed by atoms with E-state index < -0.39 is 0 Å². The Morgan fingerprint density at radius 2 is 1.78 bits per heavy atom. The van der Waals surface area contributed by atoms with Crippen molar-refractivity contribution in [3.63, 3.8) is 0 Å². The fourth-order valence-electron chi connectivity index (χ4n) is 1.51. The number of nitrogens with one attached hydrogen (secondary N) is 1. The van der Waals surface area contributed by atoms with Gasteiger partial charge in [0.05, 0.1) is 19.6 Å². The minimum absolute atomic E-state index is 0.229. The lowest BCUT2D eigenvalue weighted by Crippen LogP contribution is -2.31. The van der Waals surface area contributed by atoms with E-state index in [9.17, 15) is 0 Å². The minimum atomic E-state index is -0.247. The molecule has 1 aromatic carbocycles. The molecular formula is C14H22N2O2. The second-order valence-electron chi connectivity index (χ2n) is 4.93. The van der Waals surface area contributed by atoms with Crippen molar-refractivity contribution < 1.29 is 9.47 Å². The second kappa shape index (κ2) is 6.28. The van der Waals surface area contributed by atoms with Crippen molar-refractivity contribution >= 4 is 5.84 Å². The Balaban J connectivity index is 2.31. The lowest BCUT2D eigenvalue weighted by molar-refractivity contribution is 0.286. The number of ether oxygens (including phenoxy) is 2. The van der Waals surface area contributed by atoms with E-state index >= 15 is 0 Å². The molecular weight excluding hydrogens is 228 g/mol. The average Bonchev–Trinajstić information content (AvgIpc) is 2.35. The highest BCUT2D eigenvalue weighted by molar-refractivity contribution is 5.82. The number of hydrogen-bond donors (Lipinski definition) is 2. The summed E-state index contributed by atoms with van der Waals surface area (Å²) in [6, 6.07) is 7.51. The number of benzene rings is 1. The van der Waals surface area contributed by atoms with Crippen LogP contribution in [0.2, 0.25) is 0 Å². The summed E-state index contributed by atoms with van der Waals surface area (Å²) >= 11 is 0. The Labute approximate surface area is 109 Å². The highest BCUT2D eigenvalue weighted by atomic mass is 16.5. The van der Waals surface area contributed by atoms with Crippen molar-refractivity contribution in [2.24, 2.45) is 11.1 Å². The van der Waals surface area contributed by atoms with E-state index in [-0.39, 0.29) is 11.3 Å². The van der Waals surface area contributed by atoms with Gasteiger partial charge in [-0.05, 0) is 37.1 Å². The first-order chi connectivity index (χ1) is 8.45. The SMILES string of the molecule is COc1ccc(OCCCC(C)(C)C(=N)N)cc1. The molecule has 1 rings (SSSR count). The maximum Gasteiger partial charge on any atom is 0.119 e. The molecule has 0 aliphatic heterocycles. The second-order valence-corrected chi connectivity index (χ2v) is 4.93. The molecule has 100 valence electrons. The lowest BCUT2D eigenvalue weighted by atomic mass is 9.87. The maximum atomic E-state index is 7.46. The van der Waals surface area contributed by atoms with Crippen molar-refractivity contribution in [1.29, 1.82) is 5.41 Å². The van der Waals surface area contributed by atoms with Gasteiger partial charge in [0.25, 0.3) is 0 Å². The van der Waals surface area contributed by atoms with Gasteiger partial charge in [-0.15, -0.1) is 0 Å². The van der Waals surface area contributed by atoms with Crippen LogP contribution in [0.4, 0.5) is 0 Å². The highest BCUT2D eigenvalue weighted by Gasteiger charge is 2.20. The first-order valence-corrected chi connectivity index (χ1v) is 6.07. The van der Waals surface area contributed by atoms with E-state index in [4.69, 9.17) is 20.6 Å². The number of nitrogens with two attached hydrogens (primary N) is 1. The summed E-state index contributed by atoms with van der Waals surface area (Å²) in [5.41, 5.74) is 5.28. The fourth-order valence-corrected chi connectivity index (χ4v) is 1.51. The van der Waals surface area contributed by atoms with Crippen LogP contribution in [-0.4, -0.2) is 19.6 Å². The van der Waals surface area contributed by atoms with Gasteiger partial charge in [0, 0.05) is 5.41 Å². The molecule has 0 atom stereocenters. The number of hydrogen-bond acceptors (Lipinski definition) is 3. The van der Waals surface area contributed by atoms with Crippen molar-refractivity contribution in [3.05, 3.63) is 24.3 Å². The van der Waals surface area contributed by atoms with Gasteiger partial charge in [0.15, 0.2) is 0 Å². The summed E-state index contributed by atoms with van der Waals surface area (Å²) in [6.45, 7) is 4.58. The summed E-state index contributed by atoms with van der Waals surface area (Å²) < 4.78 is 10.7. The van der Waals surface area contributed by atoms with Crippen LogP contribution < -0.4 is 15.2 Å². The van der Waals surface area contributed by atoms with Gasteiger partial charge in [0.1, 0.15) is 11.5 Å². The van der Waals surface area contributed by atoms with Gasteiger partial charge < -0.3 is 15.2 Å². The molecule has 0 heterocycles. The summed E-state index contributed by atoms with van der Waals surface area (Å²) in [5, 5.41) is 7.46. The normalized spacial score (nSPS) is 11.1. The molecule has 4 nitrogen and oxygen atoms in total. The smallest absolute Gasteiger partial charge is 0.119 e. The molecule has 0 unspecified atom stereocenters. The third-order valence-electron chi connectivity index (χ3n) is 3.00. The standard InChI is InChI=1S/C14H22N2O2/c1-14(2,13(15)16)9-4-10-18-12-7-5-11(17-3)6-8-12/h5-8H,4,9-10H2,1-3H3,(H3,15,16). The molecule has 18 heavy (non-hydrogen) atoms. The number of amidine groups is 1. The number of methoxy groups -OCH3 is 1. The predicted octanol–water partition coefficient (Wildman–Crippen LogP) is 2.82. The Morgan fingerprint density at radius 1 is 1.22 bits per heavy atom. The molecule has 0 aromatic heterocycles. The van der Waals surface area contributed by atoms with Gasteiger partial charge in [-0.2, -0.15) is 0 Å². The maximum absolute atomic E-state index is 7.46. The molecule has 0 bridgehead atoms. The van der Waals surface area contributed by atoms with Crippen LogP contribution in [0.15, 0.2) is 24.3 Å². The zero-order valence-corrected chi connectivity index (χ0v) is 11.3. The Bertz CT molecular complexity index is 385. The Kier molecular flexibility index (Phi) is 5.01. The molecule has 0 saturated heterocycles. The molecule has 3 N–H and O–H groups in total. The molecule has 0 amide bonds.